The highest BCUT2D eigenvalue weighted by Crippen LogP contribution is 2.09. The number of rotatable bonds is 5. The fourth-order valence-corrected chi connectivity index (χ4v) is 1.46. The fourth-order valence-electron chi connectivity index (χ4n) is 1.46. The first-order valence-electron chi connectivity index (χ1n) is 5.71. The number of benzene rings is 1. The first-order chi connectivity index (χ1) is 8.81. The Morgan fingerprint density at radius 3 is 1.94 bits per heavy atom. The molecule has 3 N–H and O–H groups in total. The molecule has 0 aliphatic heterocycles. The lowest BCUT2D eigenvalue weighted by molar-refractivity contribution is 1.00. The van der Waals surface area contributed by atoms with Gasteiger partial charge in [-0.1, -0.05) is 30.3 Å². The molecule has 18 heavy (non-hydrogen) atoms. The van der Waals surface area contributed by atoms with Crippen molar-refractivity contribution in [3.63, 3.8) is 0 Å². The maximum absolute atomic E-state index is 4.23. The SMILES string of the molecule is CNc1nc(NC)nc(NCc2ccccc2)n1. The Balaban J connectivity index is 2.09. The number of hydrogen-bond acceptors (Lipinski definition) is 6. The molecule has 6 heteroatoms. The number of hydrogen-bond donors (Lipinski definition) is 3. The Morgan fingerprint density at radius 1 is 0.833 bits per heavy atom. The molecule has 0 amide bonds. The van der Waals surface area contributed by atoms with Crippen molar-refractivity contribution in [1.82, 2.24) is 15.0 Å². The van der Waals surface area contributed by atoms with Gasteiger partial charge < -0.3 is 16.0 Å². The van der Waals surface area contributed by atoms with E-state index in [9.17, 15) is 0 Å². The number of anilines is 3. The second-order valence-electron chi connectivity index (χ2n) is 3.65. The van der Waals surface area contributed by atoms with E-state index in [1.165, 1.54) is 5.56 Å². The first kappa shape index (κ1) is 12.1. The van der Waals surface area contributed by atoms with Crippen LogP contribution in [0.15, 0.2) is 30.3 Å². The largest absolute Gasteiger partial charge is 0.357 e. The highest BCUT2D eigenvalue weighted by molar-refractivity contribution is 5.41. The number of nitrogens with zero attached hydrogens (tertiary/aromatic N) is 3. The molecule has 0 fully saturated rings. The molecule has 0 saturated carbocycles. The van der Waals surface area contributed by atoms with Crippen LogP contribution in [0.4, 0.5) is 17.8 Å². The van der Waals surface area contributed by atoms with E-state index >= 15 is 0 Å². The zero-order valence-corrected chi connectivity index (χ0v) is 10.4. The summed E-state index contributed by atoms with van der Waals surface area (Å²) in [5.74, 6) is 1.61. The van der Waals surface area contributed by atoms with Crippen molar-refractivity contribution >= 4 is 17.8 Å². The minimum absolute atomic E-state index is 0.532. The lowest BCUT2D eigenvalue weighted by Crippen LogP contribution is -2.09. The van der Waals surface area contributed by atoms with Gasteiger partial charge in [-0.2, -0.15) is 15.0 Å². The third-order valence-corrected chi connectivity index (χ3v) is 2.38. The topological polar surface area (TPSA) is 74.8 Å². The average Bonchev–Trinajstić information content (AvgIpc) is 2.45. The molecule has 2 rings (SSSR count). The van der Waals surface area contributed by atoms with E-state index < -0.39 is 0 Å². The van der Waals surface area contributed by atoms with Gasteiger partial charge in [0, 0.05) is 20.6 Å². The van der Waals surface area contributed by atoms with Gasteiger partial charge in [-0.3, -0.25) is 0 Å². The van der Waals surface area contributed by atoms with Gasteiger partial charge in [-0.15, -0.1) is 0 Å². The van der Waals surface area contributed by atoms with Gasteiger partial charge in [0.2, 0.25) is 17.8 Å². The van der Waals surface area contributed by atoms with Gasteiger partial charge in [0.25, 0.3) is 0 Å². The second-order valence-corrected chi connectivity index (χ2v) is 3.65. The van der Waals surface area contributed by atoms with Crippen LogP contribution in [0.5, 0.6) is 0 Å². The summed E-state index contributed by atoms with van der Waals surface area (Å²) >= 11 is 0. The number of nitrogens with one attached hydrogen (secondary N) is 3. The van der Waals surface area contributed by atoms with Gasteiger partial charge >= 0.3 is 0 Å². The van der Waals surface area contributed by atoms with Crippen molar-refractivity contribution in [1.29, 1.82) is 0 Å². The molecule has 1 heterocycles. The van der Waals surface area contributed by atoms with Gasteiger partial charge in [-0.25, -0.2) is 0 Å². The zero-order valence-electron chi connectivity index (χ0n) is 10.4. The normalized spacial score (nSPS) is 9.89. The molecule has 94 valence electrons. The standard InChI is InChI=1S/C12H16N6/c1-13-10-16-11(14-2)18-12(17-10)15-8-9-6-4-3-5-7-9/h3-7H,8H2,1-2H3,(H3,13,14,15,16,17,18). The summed E-state index contributed by atoms with van der Waals surface area (Å²) in [5, 5.41) is 8.96. The Morgan fingerprint density at radius 2 is 1.39 bits per heavy atom. The molecule has 6 nitrogen and oxygen atoms in total. The predicted octanol–water partition coefficient (Wildman–Crippen LogP) is 1.57. The maximum Gasteiger partial charge on any atom is 0.229 e. The van der Waals surface area contributed by atoms with Crippen molar-refractivity contribution in [2.24, 2.45) is 0 Å². The highest BCUT2D eigenvalue weighted by atomic mass is 15.3. The fraction of sp³-hybridized carbons (Fsp3) is 0.250. The summed E-state index contributed by atoms with van der Waals surface area (Å²) in [6, 6.07) is 10.1. The number of aromatic nitrogens is 3. The van der Waals surface area contributed by atoms with E-state index in [-0.39, 0.29) is 0 Å². The summed E-state index contributed by atoms with van der Waals surface area (Å²) in [4.78, 5) is 12.6. The molecule has 1 aromatic carbocycles. The van der Waals surface area contributed by atoms with Crippen molar-refractivity contribution in [2.75, 3.05) is 30.0 Å². The summed E-state index contributed by atoms with van der Waals surface area (Å²) in [6.45, 7) is 0.678. The van der Waals surface area contributed by atoms with E-state index in [1.807, 2.05) is 30.3 Å². The molecule has 0 aliphatic rings. The van der Waals surface area contributed by atoms with E-state index in [1.54, 1.807) is 14.1 Å². The van der Waals surface area contributed by atoms with E-state index in [2.05, 4.69) is 30.9 Å². The third-order valence-electron chi connectivity index (χ3n) is 2.38. The van der Waals surface area contributed by atoms with Crippen LogP contribution < -0.4 is 16.0 Å². The van der Waals surface area contributed by atoms with Crippen LogP contribution in [0.25, 0.3) is 0 Å². The average molecular weight is 244 g/mol. The molecular formula is C12H16N6. The molecular weight excluding hydrogens is 228 g/mol. The summed E-state index contributed by atoms with van der Waals surface area (Å²) in [7, 11) is 3.55. The zero-order chi connectivity index (χ0) is 12.8. The monoisotopic (exact) mass is 244 g/mol. The minimum Gasteiger partial charge on any atom is -0.357 e. The Kier molecular flexibility index (Phi) is 3.90. The van der Waals surface area contributed by atoms with Crippen molar-refractivity contribution in [2.45, 2.75) is 6.54 Å². The van der Waals surface area contributed by atoms with Crippen molar-refractivity contribution in [3.8, 4) is 0 Å². The van der Waals surface area contributed by atoms with E-state index in [0.717, 1.165) is 0 Å². The van der Waals surface area contributed by atoms with Gasteiger partial charge in [0.15, 0.2) is 0 Å². The van der Waals surface area contributed by atoms with Crippen LogP contribution in [-0.4, -0.2) is 29.0 Å². The van der Waals surface area contributed by atoms with Crippen LogP contribution in [-0.2, 0) is 6.54 Å². The smallest absolute Gasteiger partial charge is 0.229 e. The molecule has 1 aromatic heterocycles. The maximum atomic E-state index is 4.23. The second kappa shape index (κ2) is 5.81. The van der Waals surface area contributed by atoms with E-state index in [0.29, 0.717) is 24.4 Å². The summed E-state index contributed by atoms with van der Waals surface area (Å²) < 4.78 is 0. The van der Waals surface area contributed by atoms with Crippen LogP contribution in [0.1, 0.15) is 5.56 Å². The lowest BCUT2D eigenvalue weighted by atomic mass is 10.2. The van der Waals surface area contributed by atoms with Crippen LogP contribution in [0.2, 0.25) is 0 Å². The Hall–Kier alpha value is -2.37. The van der Waals surface area contributed by atoms with Crippen molar-refractivity contribution < 1.29 is 0 Å². The summed E-state index contributed by atoms with van der Waals surface area (Å²) in [6.07, 6.45) is 0. The Labute approximate surface area is 106 Å². The first-order valence-corrected chi connectivity index (χ1v) is 5.71. The predicted molar refractivity (Wildman–Crippen MR) is 72.7 cm³/mol. The minimum atomic E-state index is 0.532. The van der Waals surface area contributed by atoms with Crippen molar-refractivity contribution in [3.05, 3.63) is 35.9 Å². The molecule has 0 radical (unpaired) electrons. The molecule has 0 unspecified atom stereocenters. The molecule has 0 aliphatic carbocycles. The van der Waals surface area contributed by atoms with Gasteiger partial charge in [0.05, 0.1) is 0 Å². The van der Waals surface area contributed by atoms with Crippen LogP contribution in [0.3, 0.4) is 0 Å². The van der Waals surface area contributed by atoms with Crippen LogP contribution >= 0.6 is 0 Å². The van der Waals surface area contributed by atoms with Gasteiger partial charge in [-0.05, 0) is 5.56 Å². The lowest BCUT2D eigenvalue weighted by Gasteiger charge is -2.08. The summed E-state index contributed by atoms with van der Waals surface area (Å²) in [5.41, 5.74) is 1.18. The molecule has 0 atom stereocenters. The van der Waals surface area contributed by atoms with Crippen LogP contribution in [0, 0.1) is 0 Å². The molecule has 0 spiro atoms. The molecule has 2 aromatic rings. The molecule has 0 saturated heterocycles. The quantitative estimate of drug-likeness (QED) is 0.741. The Bertz CT molecular complexity index is 477. The van der Waals surface area contributed by atoms with E-state index in [4.69, 9.17) is 0 Å². The third kappa shape index (κ3) is 3.07. The highest BCUT2D eigenvalue weighted by Gasteiger charge is 2.03. The molecule has 0 bridgehead atoms. The van der Waals surface area contributed by atoms with Gasteiger partial charge in [0.1, 0.15) is 0 Å².